The monoisotopic (exact) mass is 279 g/mol. The van der Waals surface area contributed by atoms with Crippen LogP contribution in [0.4, 0.5) is 0 Å². The van der Waals surface area contributed by atoms with Crippen LogP contribution in [0.25, 0.3) is 0 Å². The fraction of sp³-hybridized carbons (Fsp3) is 0.364. The fourth-order valence-electron chi connectivity index (χ4n) is 1.13. The summed E-state index contributed by atoms with van der Waals surface area (Å²) in [5.74, 6) is 0. The first-order chi connectivity index (χ1) is 6.38. The number of hydrogen-bond donors (Lipinski definition) is 0. The van der Waals surface area contributed by atoms with Gasteiger partial charge in [-0.2, -0.15) is 0 Å². The Bertz CT molecular complexity index is 301. The third-order valence-corrected chi connectivity index (χ3v) is 5.95. The molecule has 0 heterocycles. The molecular formula is C11H13NSn. The third kappa shape index (κ3) is 3.39. The van der Waals surface area contributed by atoms with Gasteiger partial charge in [-0.3, -0.25) is 0 Å². The quantitative estimate of drug-likeness (QED) is 0.611. The van der Waals surface area contributed by atoms with Crippen molar-refractivity contribution in [3.63, 3.8) is 0 Å². The van der Waals surface area contributed by atoms with E-state index in [-0.39, 0.29) is 0 Å². The van der Waals surface area contributed by atoms with E-state index in [9.17, 15) is 0 Å². The van der Waals surface area contributed by atoms with E-state index in [0.29, 0.717) is 0 Å². The van der Waals surface area contributed by atoms with Gasteiger partial charge in [-0.1, -0.05) is 0 Å². The summed E-state index contributed by atoms with van der Waals surface area (Å²) in [5.41, 5.74) is 0.908. The van der Waals surface area contributed by atoms with Crippen LogP contribution >= 0.6 is 0 Å². The molecule has 0 aromatic heterocycles. The van der Waals surface area contributed by atoms with Crippen LogP contribution in [0.1, 0.15) is 25.3 Å². The van der Waals surface area contributed by atoms with Gasteiger partial charge >= 0.3 is 90.1 Å². The van der Waals surface area contributed by atoms with Crippen molar-refractivity contribution in [2.75, 3.05) is 0 Å². The summed E-state index contributed by atoms with van der Waals surface area (Å²) in [6.45, 7) is 2.22. The van der Waals surface area contributed by atoms with Gasteiger partial charge in [-0.05, 0) is 0 Å². The van der Waals surface area contributed by atoms with Gasteiger partial charge in [0, 0.05) is 0 Å². The molecule has 0 saturated carbocycles. The maximum absolute atomic E-state index is 8.85. The summed E-state index contributed by atoms with van der Waals surface area (Å²) in [7, 11) is 0. The predicted octanol–water partition coefficient (Wildman–Crippen LogP) is 2.11. The van der Waals surface area contributed by atoms with Gasteiger partial charge in [0.2, 0.25) is 0 Å². The van der Waals surface area contributed by atoms with Crippen molar-refractivity contribution >= 4 is 24.7 Å². The average molecular weight is 278 g/mol. The van der Waals surface area contributed by atoms with Crippen molar-refractivity contribution in [3.8, 4) is 6.07 Å². The molecule has 0 N–H and O–H groups in total. The second kappa shape index (κ2) is 6.04. The van der Waals surface area contributed by atoms with Crippen molar-refractivity contribution in [3.05, 3.63) is 29.8 Å². The standard InChI is InChI=1S/C7H4N.C4H9.Sn/c8-6-7-4-2-1-3-5-7;1-3-4-2;/h1-4H;1,3-4H2,2H3;. The molecule has 0 saturated heterocycles. The van der Waals surface area contributed by atoms with Gasteiger partial charge in [0.15, 0.2) is 0 Å². The molecule has 0 atom stereocenters. The van der Waals surface area contributed by atoms with Crippen LogP contribution in [0.3, 0.4) is 0 Å². The molecule has 2 heteroatoms. The van der Waals surface area contributed by atoms with Crippen LogP contribution < -0.4 is 3.58 Å². The molecule has 0 spiro atoms. The Kier molecular flexibility index (Phi) is 4.92. The summed E-state index contributed by atoms with van der Waals surface area (Å²) in [5, 5.41) is 8.85. The van der Waals surface area contributed by atoms with Crippen molar-refractivity contribution in [2.24, 2.45) is 0 Å². The first-order valence-electron chi connectivity index (χ1n) is 4.61. The van der Waals surface area contributed by atoms with Crippen LogP contribution in [-0.4, -0.2) is 21.1 Å². The Morgan fingerprint density at radius 1 is 1.38 bits per heavy atom. The molecule has 0 aliphatic carbocycles. The summed E-state index contributed by atoms with van der Waals surface area (Å²) in [6.07, 6.45) is 2.60. The van der Waals surface area contributed by atoms with Crippen molar-refractivity contribution in [2.45, 2.75) is 24.2 Å². The Morgan fingerprint density at radius 2 is 2.15 bits per heavy atom. The number of nitrogens with zero attached hydrogens (tertiary/aromatic N) is 1. The van der Waals surface area contributed by atoms with E-state index in [0.717, 1.165) is 5.56 Å². The molecule has 1 aromatic carbocycles. The second-order valence-corrected chi connectivity index (χ2v) is 6.91. The summed E-state index contributed by atoms with van der Waals surface area (Å²) in [4.78, 5) is 0. The summed E-state index contributed by atoms with van der Waals surface area (Å²) >= 11 is -0.459. The van der Waals surface area contributed by atoms with E-state index in [1.54, 1.807) is 0 Å². The topological polar surface area (TPSA) is 23.8 Å². The summed E-state index contributed by atoms with van der Waals surface area (Å²) < 4.78 is 2.72. The van der Waals surface area contributed by atoms with Crippen LogP contribution in [-0.2, 0) is 0 Å². The van der Waals surface area contributed by atoms with Gasteiger partial charge in [-0.15, -0.1) is 0 Å². The molecule has 0 aliphatic heterocycles. The van der Waals surface area contributed by atoms with E-state index < -0.39 is 21.1 Å². The van der Waals surface area contributed by atoms with E-state index in [4.69, 9.17) is 5.26 Å². The molecule has 1 nitrogen and oxygen atoms in total. The van der Waals surface area contributed by atoms with Crippen molar-refractivity contribution < 1.29 is 0 Å². The number of nitriles is 1. The van der Waals surface area contributed by atoms with E-state index in [2.05, 4.69) is 19.1 Å². The molecule has 0 amide bonds. The minimum absolute atomic E-state index is 0.459. The zero-order valence-corrected chi connectivity index (χ0v) is 10.7. The normalized spacial score (nSPS) is 9.54. The van der Waals surface area contributed by atoms with Crippen molar-refractivity contribution in [1.29, 1.82) is 5.26 Å². The van der Waals surface area contributed by atoms with E-state index in [1.807, 2.05) is 18.2 Å². The van der Waals surface area contributed by atoms with E-state index >= 15 is 0 Å². The van der Waals surface area contributed by atoms with Gasteiger partial charge in [-0.25, -0.2) is 0 Å². The molecule has 13 heavy (non-hydrogen) atoms. The number of rotatable bonds is 4. The van der Waals surface area contributed by atoms with Gasteiger partial charge in [0.05, 0.1) is 0 Å². The SMILES string of the molecule is CCC[CH2][Sn][c]1ccccc1C#N. The molecule has 0 bridgehead atoms. The fourth-order valence-corrected chi connectivity index (χ4v) is 4.97. The molecular weight excluding hydrogens is 265 g/mol. The molecule has 0 unspecified atom stereocenters. The molecule has 1 rings (SSSR count). The third-order valence-electron chi connectivity index (χ3n) is 1.89. The minimum atomic E-state index is -0.459. The Labute approximate surface area is 90.0 Å². The first-order valence-corrected chi connectivity index (χ1v) is 8.06. The molecule has 0 aliphatic rings. The second-order valence-electron chi connectivity index (χ2n) is 2.94. The van der Waals surface area contributed by atoms with Crippen LogP contribution in [0, 0.1) is 11.3 Å². The maximum atomic E-state index is 8.85. The molecule has 1 aromatic rings. The van der Waals surface area contributed by atoms with Crippen LogP contribution in [0.5, 0.6) is 0 Å². The van der Waals surface area contributed by atoms with Crippen LogP contribution in [0.15, 0.2) is 24.3 Å². The Hall–Kier alpha value is -0.491. The average Bonchev–Trinajstić information content (AvgIpc) is 2.19. The number of benzene rings is 1. The predicted molar refractivity (Wildman–Crippen MR) is 56.3 cm³/mol. The number of unbranched alkanes of at least 4 members (excludes halogenated alkanes) is 1. The van der Waals surface area contributed by atoms with Crippen molar-refractivity contribution in [1.82, 2.24) is 0 Å². The van der Waals surface area contributed by atoms with E-state index in [1.165, 1.54) is 20.9 Å². The molecule has 66 valence electrons. The molecule has 0 fully saturated rings. The zero-order chi connectivity index (χ0) is 9.52. The Balaban J connectivity index is 2.60. The van der Waals surface area contributed by atoms with Gasteiger partial charge < -0.3 is 0 Å². The molecule has 2 radical (unpaired) electrons. The summed E-state index contributed by atoms with van der Waals surface area (Å²) in [6, 6.07) is 10.3. The van der Waals surface area contributed by atoms with Crippen LogP contribution in [0.2, 0.25) is 4.44 Å². The van der Waals surface area contributed by atoms with Gasteiger partial charge in [0.1, 0.15) is 0 Å². The van der Waals surface area contributed by atoms with Gasteiger partial charge in [0.25, 0.3) is 0 Å². The Morgan fingerprint density at radius 3 is 2.85 bits per heavy atom. The number of hydrogen-bond acceptors (Lipinski definition) is 1. The zero-order valence-electron chi connectivity index (χ0n) is 7.88. The first kappa shape index (κ1) is 10.6.